The smallest absolute Gasteiger partial charge is 0.0346 e. The number of nitrogen functional groups attached to an aromatic ring is 1. The quantitative estimate of drug-likeness (QED) is 0.787. The van der Waals surface area contributed by atoms with Crippen LogP contribution in [0, 0.1) is 5.92 Å². The maximum absolute atomic E-state index is 6.20. The molecule has 17 heavy (non-hydrogen) atoms. The number of hydrogen-bond acceptors (Lipinski definition) is 2. The van der Waals surface area contributed by atoms with Crippen molar-refractivity contribution in [2.24, 2.45) is 11.7 Å². The number of anilines is 1. The first-order chi connectivity index (χ1) is 8.20. The minimum absolute atomic E-state index is 0.395. The highest BCUT2D eigenvalue weighted by Gasteiger charge is 2.21. The van der Waals surface area contributed by atoms with Crippen LogP contribution in [0.4, 0.5) is 5.69 Å². The highest BCUT2D eigenvalue weighted by molar-refractivity contribution is 5.48. The van der Waals surface area contributed by atoms with E-state index in [-0.39, 0.29) is 0 Å². The van der Waals surface area contributed by atoms with Gasteiger partial charge in [0.25, 0.3) is 0 Å². The van der Waals surface area contributed by atoms with E-state index in [1.807, 2.05) is 6.07 Å². The van der Waals surface area contributed by atoms with Gasteiger partial charge in [-0.1, -0.05) is 31.9 Å². The molecule has 1 aliphatic rings. The Kier molecular flexibility index (Phi) is 4.06. The maximum Gasteiger partial charge on any atom is 0.0346 e. The van der Waals surface area contributed by atoms with Crippen molar-refractivity contribution in [1.29, 1.82) is 0 Å². The van der Waals surface area contributed by atoms with Crippen LogP contribution < -0.4 is 11.5 Å². The Bertz CT molecular complexity index is 373. The Morgan fingerprint density at radius 1 is 1.24 bits per heavy atom. The molecule has 0 saturated heterocycles. The first-order valence-electron chi connectivity index (χ1n) is 6.83. The van der Waals surface area contributed by atoms with Crippen LogP contribution in [0.5, 0.6) is 0 Å². The van der Waals surface area contributed by atoms with E-state index >= 15 is 0 Å². The molecule has 0 spiro atoms. The summed E-state index contributed by atoms with van der Waals surface area (Å²) in [4.78, 5) is 0. The predicted octanol–water partition coefficient (Wildman–Crippen LogP) is 2.89. The summed E-state index contributed by atoms with van der Waals surface area (Å²) >= 11 is 0. The summed E-state index contributed by atoms with van der Waals surface area (Å²) < 4.78 is 0. The standard InChI is InChI=1S/C15H24N2/c1-2-12-9-11(7-8-15(12)17)10-13-5-3-4-6-14(13)16/h7-9,13-14H,2-6,10,16-17H2,1H3. The largest absolute Gasteiger partial charge is 0.399 e. The Hall–Kier alpha value is -1.02. The average Bonchev–Trinajstić information content (AvgIpc) is 2.34. The van der Waals surface area contributed by atoms with Crippen LogP contribution in [0.2, 0.25) is 0 Å². The zero-order valence-corrected chi connectivity index (χ0v) is 10.8. The third-order valence-electron chi connectivity index (χ3n) is 4.05. The Labute approximate surface area is 104 Å². The van der Waals surface area contributed by atoms with Crippen molar-refractivity contribution >= 4 is 5.69 Å². The molecule has 94 valence electrons. The van der Waals surface area contributed by atoms with Crippen molar-refractivity contribution in [3.05, 3.63) is 29.3 Å². The molecule has 1 aromatic rings. The fourth-order valence-electron chi connectivity index (χ4n) is 2.88. The van der Waals surface area contributed by atoms with Gasteiger partial charge in [0.05, 0.1) is 0 Å². The first kappa shape index (κ1) is 12.4. The Balaban J connectivity index is 2.07. The summed E-state index contributed by atoms with van der Waals surface area (Å²) in [6, 6.07) is 6.86. The van der Waals surface area contributed by atoms with Crippen LogP contribution in [0.3, 0.4) is 0 Å². The van der Waals surface area contributed by atoms with E-state index in [9.17, 15) is 0 Å². The van der Waals surface area contributed by atoms with Crippen LogP contribution >= 0.6 is 0 Å². The molecule has 0 heterocycles. The van der Waals surface area contributed by atoms with Gasteiger partial charge in [-0.05, 0) is 48.8 Å². The van der Waals surface area contributed by atoms with Gasteiger partial charge in [0.2, 0.25) is 0 Å². The highest BCUT2D eigenvalue weighted by Crippen LogP contribution is 2.27. The van der Waals surface area contributed by atoms with Crippen LogP contribution in [-0.2, 0) is 12.8 Å². The van der Waals surface area contributed by atoms with Crippen LogP contribution in [-0.4, -0.2) is 6.04 Å². The van der Waals surface area contributed by atoms with Gasteiger partial charge in [0, 0.05) is 11.7 Å². The summed E-state index contributed by atoms with van der Waals surface area (Å²) in [7, 11) is 0. The van der Waals surface area contributed by atoms with Gasteiger partial charge in [-0.15, -0.1) is 0 Å². The van der Waals surface area contributed by atoms with E-state index in [2.05, 4.69) is 19.1 Å². The van der Waals surface area contributed by atoms with Gasteiger partial charge in [0.1, 0.15) is 0 Å². The number of aryl methyl sites for hydroxylation is 1. The lowest BCUT2D eigenvalue weighted by molar-refractivity contribution is 0.306. The fraction of sp³-hybridized carbons (Fsp3) is 0.600. The highest BCUT2D eigenvalue weighted by atomic mass is 14.7. The number of nitrogens with two attached hydrogens (primary N) is 2. The molecule has 1 saturated carbocycles. The van der Waals surface area contributed by atoms with E-state index in [1.165, 1.54) is 36.8 Å². The summed E-state index contributed by atoms with van der Waals surface area (Å²) in [5.74, 6) is 0.664. The molecule has 2 heteroatoms. The van der Waals surface area contributed by atoms with Crippen molar-refractivity contribution in [1.82, 2.24) is 0 Å². The van der Waals surface area contributed by atoms with Gasteiger partial charge in [-0.3, -0.25) is 0 Å². The van der Waals surface area contributed by atoms with Crippen molar-refractivity contribution in [2.75, 3.05) is 5.73 Å². The second kappa shape index (κ2) is 5.54. The minimum atomic E-state index is 0.395. The molecule has 2 unspecified atom stereocenters. The lowest BCUT2D eigenvalue weighted by atomic mass is 9.81. The lowest BCUT2D eigenvalue weighted by Crippen LogP contribution is -2.34. The topological polar surface area (TPSA) is 52.0 Å². The SMILES string of the molecule is CCc1cc(CC2CCCCC2N)ccc1N. The third kappa shape index (κ3) is 3.01. The van der Waals surface area contributed by atoms with Gasteiger partial charge < -0.3 is 11.5 Å². The van der Waals surface area contributed by atoms with E-state index < -0.39 is 0 Å². The fourth-order valence-corrected chi connectivity index (χ4v) is 2.88. The molecule has 0 radical (unpaired) electrons. The van der Waals surface area contributed by atoms with Crippen LogP contribution in [0.15, 0.2) is 18.2 Å². The number of rotatable bonds is 3. The van der Waals surface area contributed by atoms with E-state index in [0.29, 0.717) is 12.0 Å². The maximum atomic E-state index is 6.20. The zero-order chi connectivity index (χ0) is 12.3. The second-order valence-electron chi connectivity index (χ2n) is 5.30. The van der Waals surface area contributed by atoms with Crippen LogP contribution in [0.25, 0.3) is 0 Å². The molecular formula is C15H24N2. The molecule has 4 N–H and O–H groups in total. The Morgan fingerprint density at radius 2 is 2.00 bits per heavy atom. The molecule has 0 aliphatic heterocycles. The molecule has 0 bridgehead atoms. The molecule has 2 nitrogen and oxygen atoms in total. The summed E-state index contributed by atoms with van der Waals surface area (Å²) in [5, 5.41) is 0. The van der Waals surface area contributed by atoms with Gasteiger partial charge in [0.15, 0.2) is 0 Å². The monoisotopic (exact) mass is 232 g/mol. The first-order valence-corrected chi connectivity index (χ1v) is 6.83. The van der Waals surface area contributed by atoms with E-state index in [1.54, 1.807) is 0 Å². The Morgan fingerprint density at radius 3 is 2.71 bits per heavy atom. The van der Waals surface area contributed by atoms with Crippen molar-refractivity contribution in [3.8, 4) is 0 Å². The van der Waals surface area contributed by atoms with E-state index in [0.717, 1.165) is 18.5 Å². The zero-order valence-electron chi connectivity index (χ0n) is 10.8. The average molecular weight is 232 g/mol. The normalized spacial score (nSPS) is 24.8. The summed E-state index contributed by atoms with van der Waals surface area (Å²) in [6.07, 6.45) is 7.26. The third-order valence-corrected chi connectivity index (χ3v) is 4.05. The lowest BCUT2D eigenvalue weighted by Gasteiger charge is -2.28. The molecule has 0 aromatic heterocycles. The molecule has 1 aromatic carbocycles. The van der Waals surface area contributed by atoms with Crippen molar-refractivity contribution < 1.29 is 0 Å². The molecule has 2 atom stereocenters. The number of hydrogen-bond donors (Lipinski definition) is 2. The van der Waals surface area contributed by atoms with Crippen molar-refractivity contribution in [2.45, 2.75) is 51.5 Å². The molecule has 2 rings (SSSR count). The number of benzene rings is 1. The second-order valence-corrected chi connectivity index (χ2v) is 5.30. The summed E-state index contributed by atoms with van der Waals surface area (Å²) in [6.45, 7) is 2.15. The predicted molar refractivity (Wildman–Crippen MR) is 73.9 cm³/mol. The molecule has 1 aliphatic carbocycles. The van der Waals surface area contributed by atoms with Crippen molar-refractivity contribution in [3.63, 3.8) is 0 Å². The molecule has 1 fully saturated rings. The van der Waals surface area contributed by atoms with Gasteiger partial charge in [-0.25, -0.2) is 0 Å². The molecular weight excluding hydrogens is 208 g/mol. The van der Waals surface area contributed by atoms with E-state index in [4.69, 9.17) is 11.5 Å². The summed E-state index contributed by atoms with van der Waals surface area (Å²) in [5.41, 5.74) is 15.7. The minimum Gasteiger partial charge on any atom is -0.399 e. The van der Waals surface area contributed by atoms with Gasteiger partial charge >= 0.3 is 0 Å². The van der Waals surface area contributed by atoms with Crippen LogP contribution in [0.1, 0.15) is 43.7 Å². The van der Waals surface area contributed by atoms with Gasteiger partial charge in [-0.2, -0.15) is 0 Å². The molecule has 0 amide bonds.